The van der Waals surface area contributed by atoms with E-state index in [9.17, 15) is 4.79 Å². The first-order valence-corrected chi connectivity index (χ1v) is 6.37. The molecule has 1 heterocycles. The van der Waals surface area contributed by atoms with Crippen LogP contribution in [0.3, 0.4) is 0 Å². The predicted molar refractivity (Wildman–Crippen MR) is 71.1 cm³/mol. The van der Waals surface area contributed by atoms with E-state index in [1.807, 2.05) is 18.2 Å². The number of aryl methyl sites for hydroxylation is 1. The molecule has 3 nitrogen and oxygen atoms in total. The molecule has 2 aromatic rings. The molecule has 3 rings (SSSR count). The van der Waals surface area contributed by atoms with Crippen molar-refractivity contribution in [1.29, 1.82) is 0 Å². The van der Waals surface area contributed by atoms with Gasteiger partial charge >= 0.3 is 0 Å². The van der Waals surface area contributed by atoms with Crippen LogP contribution in [0.25, 0.3) is 10.9 Å². The average molecular weight is 291 g/mol. The summed E-state index contributed by atoms with van der Waals surface area (Å²) in [5, 5.41) is 0.863. The number of halogens is 1. The van der Waals surface area contributed by atoms with Gasteiger partial charge in [-0.25, -0.2) is 0 Å². The number of rotatable bonds is 0. The Morgan fingerprint density at radius 3 is 2.94 bits per heavy atom. The minimum absolute atomic E-state index is 0.126. The standard InChI is InChI=1S/C13H11BrN2O/c14-7-4-5-8-10(6-7)16-9-2-1-3-11(17)12(9)13(8)15/h4-6H,1-3H2,(H2,15,16). The van der Waals surface area contributed by atoms with Crippen molar-refractivity contribution in [1.82, 2.24) is 4.98 Å². The van der Waals surface area contributed by atoms with Crippen molar-refractivity contribution in [2.45, 2.75) is 19.3 Å². The fourth-order valence-corrected chi connectivity index (χ4v) is 2.70. The molecule has 0 saturated carbocycles. The third-order valence-corrected chi connectivity index (χ3v) is 3.65. The van der Waals surface area contributed by atoms with Gasteiger partial charge in [-0.1, -0.05) is 15.9 Å². The van der Waals surface area contributed by atoms with Crippen molar-refractivity contribution in [3.05, 3.63) is 33.9 Å². The molecule has 1 aromatic carbocycles. The van der Waals surface area contributed by atoms with Crippen molar-refractivity contribution >= 4 is 38.3 Å². The van der Waals surface area contributed by atoms with E-state index < -0.39 is 0 Å². The van der Waals surface area contributed by atoms with Gasteiger partial charge in [0.15, 0.2) is 5.78 Å². The molecule has 17 heavy (non-hydrogen) atoms. The second kappa shape index (κ2) is 3.81. The monoisotopic (exact) mass is 290 g/mol. The highest BCUT2D eigenvalue weighted by atomic mass is 79.9. The first-order chi connectivity index (χ1) is 8.16. The molecule has 4 heteroatoms. The van der Waals surface area contributed by atoms with Crippen LogP contribution < -0.4 is 5.73 Å². The second-order valence-corrected chi connectivity index (χ2v) is 5.20. The Morgan fingerprint density at radius 2 is 2.12 bits per heavy atom. The fraction of sp³-hybridized carbons (Fsp3) is 0.231. The van der Waals surface area contributed by atoms with E-state index in [0.717, 1.165) is 33.9 Å². The van der Waals surface area contributed by atoms with Crippen LogP contribution in [0.5, 0.6) is 0 Å². The lowest BCUT2D eigenvalue weighted by Gasteiger charge is -2.17. The van der Waals surface area contributed by atoms with Crippen LogP contribution in [0, 0.1) is 0 Å². The number of nitrogen functional groups attached to an aromatic ring is 1. The van der Waals surface area contributed by atoms with E-state index in [-0.39, 0.29) is 5.78 Å². The summed E-state index contributed by atoms with van der Waals surface area (Å²) in [6.45, 7) is 0. The lowest BCUT2D eigenvalue weighted by atomic mass is 9.92. The topological polar surface area (TPSA) is 56.0 Å². The third-order valence-electron chi connectivity index (χ3n) is 3.16. The number of Topliss-reactive ketones (excluding diaryl/α,β-unsaturated/α-hetero) is 1. The van der Waals surface area contributed by atoms with Gasteiger partial charge in [-0.2, -0.15) is 0 Å². The number of carbonyl (C=O) groups excluding carboxylic acids is 1. The SMILES string of the molecule is Nc1c2c(nc3cc(Br)ccc13)CCCC2=O. The smallest absolute Gasteiger partial charge is 0.166 e. The summed E-state index contributed by atoms with van der Waals surface area (Å²) >= 11 is 3.42. The van der Waals surface area contributed by atoms with E-state index in [2.05, 4.69) is 20.9 Å². The molecule has 2 N–H and O–H groups in total. The number of hydrogen-bond acceptors (Lipinski definition) is 3. The van der Waals surface area contributed by atoms with Gasteiger partial charge in [0.25, 0.3) is 0 Å². The van der Waals surface area contributed by atoms with Crippen LogP contribution in [0.1, 0.15) is 28.9 Å². The summed E-state index contributed by atoms with van der Waals surface area (Å²) in [5.41, 5.74) is 9.04. The van der Waals surface area contributed by atoms with Crippen LogP contribution in [0.2, 0.25) is 0 Å². The quantitative estimate of drug-likeness (QED) is 0.811. The van der Waals surface area contributed by atoms with Gasteiger partial charge in [-0.3, -0.25) is 9.78 Å². The molecule has 0 atom stereocenters. The number of nitrogens with two attached hydrogens (primary N) is 1. The van der Waals surface area contributed by atoms with Crippen LogP contribution in [-0.4, -0.2) is 10.8 Å². The number of carbonyl (C=O) groups is 1. The van der Waals surface area contributed by atoms with Gasteiger partial charge in [-0.15, -0.1) is 0 Å². The molecule has 1 aliphatic carbocycles. The van der Waals surface area contributed by atoms with Gasteiger partial charge in [0.2, 0.25) is 0 Å². The van der Waals surface area contributed by atoms with Gasteiger partial charge in [0.05, 0.1) is 22.5 Å². The third kappa shape index (κ3) is 1.63. The van der Waals surface area contributed by atoms with Gasteiger partial charge in [0.1, 0.15) is 0 Å². The molecule has 1 aliphatic rings. The lowest BCUT2D eigenvalue weighted by Crippen LogP contribution is -2.15. The van der Waals surface area contributed by atoms with Gasteiger partial charge in [-0.05, 0) is 31.0 Å². The number of hydrogen-bond donors (Lipinski definition) is 1. The Hall–Kier alpha value is -1.42. The van der Waals surface area contributed by atoms with E-state index >= 15 is 0 Å². The number of nitrogens with zero attached hydrogens (tertiary/aromatic N) is 1. The summed E-state index contributed by atoms with van der Waals surface area (Å²) < 4.78 is 0.971. The Balaban J connectivity index is 2.39. The molecular formula is C13H11BrN2O. The molecule has 0 unspecified atom stereocenters. The van der Waals surface area contributed by atoms with Crippen LogP contribution in [-0.2, 0) is 6.42 Å². The van der Waals surface area contributed by atoms with E-state index in [4.69, 9.17) is 5.73 Å². The van der Waals surface area contributed by atoms with Crippen molar-refractivity contribution < 1.29 is 4.79 Å². The number of ketones is 1. The van der Waals surface area contributed by atoms with E-state index in [0.29, 0.717) is 17.7 Å². The van der Waals surface area contributed by atoms with Crippen molar-refractivity contribution in [3.8, 4) is 0 Å². The zero-order valence-electron chi connectivity index (χ0n) is 9.16. The fourth-order valence-electron chi connectivity index (χ4n) is 2.35. The summed E-state index contributed by atoms with van der Waals surface area (Å²) in [4.78, 5) is 16.4. The lowest BCUT2D eigenvalue weighted by molar-refractivity contribution is 0.0973. The second-order valence-electron chi connectivity index (χ2n) is 4.29. The molecule has 0 aliphatic heterocycles. The number of anilines is 1. The highest BCUT2D eigenvalue weighted by Gasteiger charge is 2.22. The van der Waals surface area contributed by atoms with Gasteiger partial charge < -0.3 is 5.73 Å². The largest absolute Gasteiger partial charge is 0.398 e. The Bertz CT molecular complexity index is 637. The normalized spacial score (nSPS) is 15.0. The zero-order chi connectivity index (χ0) is 12.0. The average Bonchev–Trinajstić information content (AvgIpc) is 2.28. The molecular weight excluding hydrogens is 280 g/mol. The van der Waals surface area contributed by atoms with E-state index in [1.54, 1.807) is 0 Å². The summed E-state index contributed by atoms with van der Waals surface area (Å²) in [6.07, 6.45) is 2.30. The maximum Gasteiger partial charge on any atom is 0.166 e. The maximum absolute atomic E-state index is 11.9. The predicted octanol–water partition coefficient (Wildman–Crippen LogP) is 3.10. The maximum atomic E-state index is 11.9. The van der Waals surface area contributed by atoms with Crippen LogP contribution in [0.15, 0.2) is 22.7 Å². The Morgan fingerprint density at radius 1 is 1.29 bits per heavy atom. The number of benzene rings is 1. The highest BCUT2D eigenvalue weighted by Crippen LogP contribution is 2.32. The van der Waals surface area contributed by atoms with E-state index in [1.165, 1.54) is 0 Å². The van der Waals surface area contributed by atoms with Crippen molar-refractivity contribution in [3.63, 3.8) is 0 Å². The minimum atomic E-state index is 0.126. The van der Waals surface area contributed by atoms with Crippen LogP contribution in [0.4, 0.5) is 5.69 Å². The molecule has 0 amide bonds. The number of aromatic nitrogens is 1. The molecule has 1 aromatic heterocycles. The zero-order valence-corrected chi connectivity index (χ0v) is 10.8. The summed E-state index contributed by atoms with van der Waals surface area (Å²) in [7, 11) is 0. The van der Waals surface area contributed by atoms with Crippen molar-refractivity contribution in [2.24, 2.45) is 0 Å². The molecule has 0 spiro atoms. The number of pyridine rings is 1. The first-order valence-electron chi connectivity index (χ1n) is 5.57. The van der Waals surface area contributed by atoms with Gasteiger partial charge in [0, 0.05) is 16.3 Å². The minimum Gasteiger partial charge on any atom is -0.398 e. The molecule has 0 fully saturated rings. The van der Waals surface area contributed by atoms with Crippen LogP contribution >= 0.6 is 15.9 Å². The Labute approximate surface area is 107 Å². The number of fused-ring (bicyclic) bond motifs is 2. The summed E-state index contributed by atoms with van der Waals surface area (Å²) in [6, 6.07) is 5.76. The molecule has 86 valence electrons. The first kappa shape index (κ1) is 10.7. The highest BCUT2D eigenvalue weighted by molar-refractivity contribution is 9.10. The summed E-state index contributed by atoms with van der Waals surface area (Å²) in [5.74, 6) is 0.126. The molecule has 0 saturated heterocycles. The van der Waals surface area contributed by atoms with Crippen molar-refractivity contribution in [2.75, 3.05) is 5.73 Å². The molecule has 0 radical (unpaired) electrons. The Kier molecular flexibility index (Phi) is 2.40. The molecule has 0 bridgehead atoms.